The van der Waals surface area contributed by atoms with Crippen molar-refractivity contribution in [2.45, 2.75) is 44.7 Å². The third-order valence-corrected chi connectivity index (χ3v) is 4.64. The standard InChI is InChI=1S/C16H23NO3/c1-12-4-6-16(10-18,7-5-12)17-9-13-2-3-14-15(8-13)20-11-19-14/h2-3,8,12,17-18H,4-7,9-11H2,1H3. The molecule has 4 nitrogen and oxygen atoms in total. The molecule has 1 aromatic rings. The second-order valence-corrected chi connectivity index (χ2v) is 6.16. The molecule has 3 rings (SSSR count). The van der Waals surface area contributed by atoms with Gasteiger partial charge in [-0.3, -0.25) is 0 Å². The van der Waals surface area contributed by atoms with Crippen molar-refractivity contribution in [3.05, 3.63) is 23.8 Å². The van der Waals surface area contributed by atoms with Gasteiger partial charge in [0.25, 0.3) is 0 Å². The summed E-state index contributed by atoms with van der Waals surface area (Å²) in [7, 11) is 0. The first kappa shape index (κ1) is 13.7. The Balaban J connectivity index is 1.63. The highest BCUT2D eigenvalue weighted by Crippen LogP contribution is 2.34. The number of hydrogen-bond donors (Lipinski definition) is 2. The van der Waals surface area contributed by atoms with Gasteiger partial charge < -0.3 is 19.9 Å². The Hall–Kier alpha value is -1.26. The molecule has 1 heterocycles. The van der Waals surface area contributed by atoms with Crippen molar-refractivity contribution >= 4 is 0 Å². The number of aliphatic hydroxyl groups excluding tert-OH is 1. The molecule has 110 valence electrons. The quantitative estimate of drug-likeness (QED) is 0.887. The zero-order valence-electron chi connectivity index (χ0n) is 12.0. The lowest BCUT2D eigenvalue weighted by Gasteiger charge is -2.39. The van der Waals surface area contributed by atoms with Gasteiger partial charge in [-0.05, 0) is 49.3 Å². The third-order valence-electron chi connectivity index (χ3n) is 4.64. The Morgan fingerprint density at radius 2 is 2.00 bits per heavy atom. The molecule has 1 aliphatic carbocycles. The molecule has 2 N–H and O–H groups in total. The first-order chi connectivity index (χ1) is 9.71. The molecule has 20 heavy (non-hydrogen) atoms. The Morgan fingerprint density at radius 3 is 2.75 bits per heavy atom. The van der Waals surface area contributed by atoms with Crippen LogP contribution in [0.4, 0.5) is 0 Å². The summed E-state index contributed by atoms with van der Waals surface area (Å²) in [6.07, 6.45) is 4.48. The normalized spacial score (nSPS) is 28.6. The summed E-state index contributed by atoms with van der Waals surface area (Å²) in [5.41, 5.74) is 1.06. The van der Waals surface area contributed by atoms with E-state index in [4.69, 9.17) is 9.47 Å². The number of hydrogen-bond acceptors (Lipinski definition) is 4. The van der Waals surface area contributed by atoms with E-state index in [1.165, 1.54) is 18.4 Å². The van der Waals surface area contributed by atoms with Gasteiger partial charge in [-0.15, -0.1) is 0 Å². The molecular weight excluding hydrogens is 254 g/mol. The number of fused-ring (bicyclic) bond motifs is 1. The van der Waals surface area contributed by atoms with Crippen molar-refractivity contribution in [2.75, 3.05) is 13.4 Å². The van der Waals surface area contributed by atoms with Crippen molar-refractivity contribution in [1.82, 2.24) is 5.32 Å². The monoisotopic (exact) mass is 277 g/mol. The van der Waals surface area contributed by atoms with Crippen LogP contribution in [0.2, 0.25) is 0 Å². The smallest absolute Gasteiger partial charge is 0.231 e. The van der Waals surface area contributed by atoms with Gasteiger partial charge in [0.05, 0.1) is 6.61 Å². The van der Waals surface area contributed by atoms with Crippen molar-refractivity contribution in [2.24, 2.45) is 5.92 Å². The Labute approximate surface area is 120 Å². The minimum Gasteiger partial charge on any atom is -0.454 e. The minimum atomic E-state index is -0.108. The van der Waals surface area contributed by atoms with Crippen LogP contribution in [0.15, 0.2) is 18.2 Å². The van der Waals surface area contributed by atoms with Crippen LogP contribution in [0.1, 0.15) is 38.2 Å². The van der Waals surface area contributed by atoms with Crippen LogP contribution in [-0.2, 0) is 6.54 Å². The van der Waals surface area contributed by atoms with Crippen molar-refractivity contribution in [1.29, 1.82) is 0 Å². The van der Waals surface area contributed by atoms with Crippen LogP contribution in [0.25, 0.3) is 0 Å². The predicted molar refractivity (Wildman–Crippen MR) is 76.9 cm³/mol. The summed E-state index contributed by atoms with van der Waals surface area (Å²) < 4.78 is 10.7. The SMILES string of the molecule is CC1CCC(CO)(NCc2ccc3c(c2)OCO3)CC1. The van der Waals surface area contributed by atoms with Gasteiger partial charge in [0.15, 0.2) is 11.5 Å². The van der Waals surface area contributed by atoms with Crippen LogP contribution in [0.5, 0.6) is 11.5 Å². The molecular formula is C16H23NO3. The largest absolute Gasteiger partial charge is 0.454 e. The lowest BCUT2D eigenvalue weighted by Crippen LogP contribution is -2.50. The van der Waals surface area contributed by atoms with E-state index in [1.807, 2.05) is 12.1 Å². The second-order valence-electron chi connectivity index (χ2n) is 6.16. The number of rotatable bonds is 4. The van der Waals surface area contributed by atoms with E-state index >= 15 is 0 Å². The van der Waals surface area contributed by atoms with Crippen molar-refractivity contribution < 1.29 is 14.6 Å². The molecule has 1 aromatic carbocycles. The van der Waals surface area contributed by atoms with E-state index in [-0.39, 0.29) is 12.1 Å². The molecule has 1 fully saturated rings. The highest BCUT2D eigenvalue weighted by molar-refractivity contribution is 5.44. The summed E-state index contributed by atoms with van der Waals surface area (Å²) in [6, 6.07) is 6.02. The van der Waals surface area contributed by atoms with Crippen LogP contribution in [-0.4, -0.2) is 24.0 Å². The van der Waals surface area contributed by atoms with Crippen LogP contribution in [0, 0.1) is 5.92 Å². The molecule has 0 saturated heterocycles. The van der Waals surface area contributed by atoms with E-state index in [0.29, 0.717) is 6.79 Å². The number of ether oxygens (including phenoxy) is 2. The Bertz CT molecular complexity index is 467. The first-order valence-electron chi connectivity index (χ1n) is 7.45. The first-order valence-corrected chi connectivity index (χ1v) is 7.45. The topological polar surface area (TPSA) is 50.7 Å². The van der Waals surface area contributed by atoms with Gasteiger partial charge in [-0.1, -0.05) is 13.0 Å². The maximum absolute atomic E-state index is 9.75. The molecule has 2 aliphatic rings. The van der Waals surface area contributed by atoms with Gasteiger partial charge in [-0.25, -0.2) is 0 Å². The molecule has 0 unspecified atom stereocenters. The molecule has 0 amide bonds. The maximum Gasteiger partial charge on any atom is 0.231 e. The van der Waals surface area contributed by atoms with Gasteiger partial charge in [0.2, 0.25) is 6.79 Å². The third kappa shape index (κ3) is 2.76. The summed E-state index contributed by atoms with van der Waals surface area (Å²) in [5.74, 6) is 2.42. The molecule has 0 spiro atoms. The lowest BCUT2D eigenvalue weighted by molar-refractivity contribution is 0.104. The van der Waals surface area contributed by atoms with Gasteiger partial charge in [0, 0.05) is 12.1 Å². The molecule has 0 aromatic heterocycles. The highest BCUT2D eigenvalue weighted by Gasteiger charge is 2.33. The fourth-order valence-electron chi connectivity index (χ4n) is 3.05. The fourth-order valence-corrected chi connectivity index (χ4v) is 3.05. The zero-order valence-corrected chi connectivity index (χ0v) is 12.0. The second kappa shape index (κ2) is 5.62. The molecule has 0 radical (unpaired) electrons. The summed E-state index contributed by atoms with van der Waals surface area (Å²) in [6.45, 7) is 3.57. The average molecular weight is 277 g/mol. The van der Waals surface area contributed by atoms with Gasteiger partial charge >= 0.3 is 0 Å². The molecule has 1 aliphatic heterocycles. The van der Waals surface area contributed by atoms with Crippen molar-refractivity contribution in [3.8, 4) is 11.5 Å². The predicted octanol–water partition coefficient (Wildman–Crippen LogP) is 2.45. The summed E-state index contributed by atoms with van der Waals surface area (Å²) in [4.78, 5) is 0. The summed E-state index contributed by atoms with van der Waals surface area (Å²) in [5, 5.41) is 13.3. The lowest BCUT2D eigenvalue weighted by atomic mass is 9.77. The highest BCUT2D eigenvalue weighted by atomic mass is 16.7. The number of nitrogens with one attached hydrogen (secondary N) is 1. The van der Waals surface area contributed by atoms with Crippen LogP contribution in [0.3, 0.4) is 0 Å². The summed E-state index contributed by atoms with van der Waals surface area (Å²) >= 11 is 0. The van der Waals surface area contributed by atoms with Crippen molar-refractivity contribution in [3.63, 3.8) is 0 Å². The van der Waals surface area contributed by atoms with E-state index in [2.05, 4.69) is 18.3 Å². The van der Waals surface area contributed by atoms with E-state index < -0.39 is 0 Å². The minimum absolute atomic E-state index is 0.108. The maximum atomic E-state index is 9.75. The number of aliphatic hydroxyl groups is 1. The molecule has 4 heteroatoms. The van der Waals surface area contributed by atoms with Crippen LogP contribution < -0.4 is 14.8 Å². The Kier molecular flexibility index (Phi) is 3.85. The van der Waals surface area contributed by atoms with Gasteiger partial charge in [-0.2, -0.15) is 0 Å². The average Bonchev–Trinajstić information content (AvgIpc) is 2.95. The molecule has 0 bridgehead atoms. The van der Waals surface area contributed by atoms with Gasteiger partial charge in [0.1, 0.15) is 0 Å². The van der Waals surface area contributed by atoms with E-state index in [9.17, 15) is 5.11 Å². The van der Waals surface area contributed by atoms with E-state index in [0.717, 1.165) is 36.8 Å². The molecule has 1 saturated carbocycles. The fraction of sp³-hybridized carbons (Fsp3) is 0.625. The van der Waals surface area contributed by atoms with E-state index in [1.54, 1.807) is 0 Å². The number of benzene rings is 1. The zero-order chi connectivity index (χ0) is 14.0. The molecule has 0 atom stereocenters. The Morgan fingerprint density at radius 1 is 1.25 bits per heavy atom. The van der Waals surface area contributed by atoms with Crippen LogP contribution >= 0.6 is 0 Å².